The van der Waals surface area contributed by atoms with Gasteiger partial charge in [0.05, 0.1) is 12.6 Å². The number of benzene rings is 2. The number of ether oxygens (including phenoxy) is 1. The molecule has 1 heterocycles. The van der Waals surface area contributed by atoms with E-state index in [4.69, 9.17) is 4.74 Å². The average Bonchev–Trinajstić information content (AvgIpc) is 2.70. The molecule has 2 aromatic carbocycles. The first-order valence-corrected chi connectivity index (χ1v) is 11.5. The first-order chi connectivity index (χ1) is 13.8. The smallest absolute Gasteiger partial charge is 0.157 e. The van der Waals surface area contributed by atoms with Gasteiger partial charge in [0.2, 0.25) is 0 Å². The second-order valence-electron chi connectivity index (χ2n) is 8.90. The molecule has 4 nitrogen and oxygen atoms in total. The number of rotatable bonds is 6. The summed E-state index contributed by atoms with van der Waals surface area (Å²) in [5.41, 5.74) is 2.17. The molecule has 5 unspecified atom stereocenters. The van der Waals surface area contributed by atoms with E-state index in [1.807, 2.05) is 64.1 Å². The van der Waals surface area contributed by atoms with Crippen LogP contribution >= 0.6 is 0 Å². The summed E-state index contributed by atoms with van der Waals surface area (Å²) in [5, 5.41) is 10.4. The van der Waals surface area contributed by atoms with Crippen LogP contribution in [0.1, 0.15) is 57.7 Å². The summed E-state index contributed by atoms with van der Waals surface area (Å²) >= 11 is -1.26. The molecular formula is C24H33NO3S. The van der Waals surface area contributed by atoms with Crippen molar-refractivity contribution in [3.05, 3.63) is 71.8 Å². The van der Waals surface area contributed by atoms with E-state index < -0.39 is 22.4 Å². The Kier molecular flexibility index (Phi) is 7.41. The normalized spacial score (nSPS) is 25.0. The van der Waals surface area contributed by atoms with Crippen LogP contribution in [0.4, 0.5) is 0 Å². The molecule has 3 rings (SSSR count). The third-order valence-corrected chi connectivity index (χ3v) is 7.26. The summed E-state index contributed by atoms with van der Waals surface area (Å²) in [6.07, 6.45) is 0.696. The summed E-state index contributed by atoms with van der Waals surface area (Å²) in [5.74, 6) is 0.110. The van der Waals surface area contributed by atoms with E-state index in [9.17, 15) is 9.66 Å². The molecule has 0 radical (unpaired) electrons. The van der Waals surface area contributed by atoms with Gasteiger partial charge in [-0.2, -0.15) is 0 Å². The van der Waals surface area contributed by atoms with Crippen molar-refractivity contribution in [2.75, 3.05) is 0 Å². The van der Waals surface area contributed by atoms with Gasteiger partial charge < -0.3 is 14.4 Å². The molecule has 5 atom stereocenters. The zero-order chi connectivity index (χ0) is 21.0. The SMILES string of the molecule is CC1CCC(C(c2ccccc2)N(Cc2ccccc2)[S+]([O-])C(C)(C)C)OC1O. The standard InChI is InChI=1S/C24H33NO3S/c1-18-15-16-21(28-23(18)26)22(20-13-9-6-10-14-20)25(29(27)24(2,3)4)17-19-11-7-5-8-12-19/h5-14,18,21-23,26H,15-17H2,1-4H3. The van der Waals surface area contributed by atoms with Crippen molar-refractivity contribution in [1.29, 1.82) is 0 Å². The monoisotopic (exact) mass is 415 g/mol. The molecule has 2 aromatic rings. The van der Waals surface area contributed by atoms with Gasteiger partial charge in [-0.3, -0.25) is 0 Å². The van der Waals surface area contributed by atoms with Gasteiger partial charge in [0.1, 0.15) is 10.8 Å². The molecule has 0 aromatic heterocycles. The molecule has 1 fully saturated rings. The summed E-state index contributed by atoms with van der Waals surface area (Å²) in [6.45, 7) is 8.56. The lowest BCUT2D eigenvalue weighted by Gasteiger charge is -2.43. The molecule has 1 aliphatic rings. The zero-order valence-electron chi connectivity index (χ0n) is 17.8. The summed E-state index contributed by atoms with van der Waals surface area (Å²) in [7, 11) is 0. The Balaban J connectivity index is 2.01. The molecule has 0 bridgehead atoms. The third-order valence-electron chi connectivity index (χ3n) is 5.43. The molecule has 1 saturated heterocycles. The lowest BCUT2D eigenvalue weighted by molar-refractivity contribution is -0.202. The minimum Gasteiger partial charge on any atom is -0.597 e. The minimum absolute atomic E-state index is 0.110. The van der Waals surface area contributed by atoms with E-state index >= 15 is 0 Å². The van der Waals surface area contributed by atoms with Crippen LogP contribution in [0.3, 0.4) is 0 Å². The first-order valence-electron chi connectivity index (χ1n) is 10.4. The number of aliphatic hydroxyl groups is 1. The van der Waals surface area contributed by atoms with Crippen LogP contribution in [-0.2, 0) is 22.6 Å². The van der Waals surface area contributed by atoms with Crippen molar-refractivity contribution < 1.29 is 14.4 Å². The molecule has 0 spiro atoms. The van der Waals surface area contributed by atoms with Crippen LogP contribution in [0.5, 0.6) is 0 Å². The zero-order valence-corrected chi connectivity index (χ0v) is 18.6. The highest BCUT2D eigenvalue weighted by atomic mass is 32.2. The fourth-order valence-electron chi connectivity index (χ4n) is 3.78. The van der Waals surface area contributed by atoms with Gasteiger partial charge in [-0.05, 0) is 44.7 Å². The topological polar surface area (TPSA) is 55.8 Å². The van der Waals surface area contributed by atoms with E-state index in [1.165, 1.54) is 0 Å². The third kappa shape index (κ3) is 5.62. The highest BCUT2D eigenvalue weighted by Crippen LogP contribution is 2.39. The van der Waals surface area contributed by atoms with E-state index in [2.05, 4.69) is 28.6 Å². The Morgan fingerprint density at radius 1 is 1.07 bits per heavy atom. The molecule has 5 heteroatoms. The van der Waals surface area contributed by atoms with Gasteiger partial charge in [0.25, 0.3) is 0 Å². The maximum atomic E-state index is 13.7. The van der Waals surface area contributed by atoms with Crippen LogP contribution in [0.2, 0.25) is 0 Å². The van der Waals surface area contributed by atoms with Gasteiger partial charge in [-0.25, -0.2) is 0 Å². The average molecular weight is 416 g/mol. The number of nitrogens with zero attached hydrogens (tertiary/aromatic N) is 1. The maximum absolute atomic E-state index is 13.7. The number of hydrogen-bond donors (Lipinski definition) is 1. The molecular weight excluding hydrogens is 382 g/mol. The Hall–Kier alpha value is -1.37. The Morgan fingerprint density at radius 2 is 1.66 bits per heavy atom. The summed E-state index contributed by atoms with van der Waals surface area (Å²) in [4.78, 5) is 0. The summed E-state index contributed by atoms with van der Waals surface area (Å²) in [6, 6.07) is 20.1. The van der Waals surface area contributed by atoms with Gasteiger partial charge in [-0.1, -0.05) is 67.6 Å². The van der Waals surface area contributed by atoms with Crippen LogP contribution in [0, 0.1) is 5.92 Å². The molecule has 0 saturated carbocycles. The van der Waals surface area contributed by atoms with E-state index in [0.717, 1.165) is 24.0 Å². The molecule has 0 amide bonds. The molecule has 29 heavy (non-hydrogen) atoms. The summed E-state index contributed by atoms with van der Waals surface area (Å²) < 4.78 is 21.4. The first kappa shape index (κ1) is 22.3. The number of aliphatic hydroxyl groups excluding tert-OH is 1. The largest absolute Gasteiger partial charge is 0.597 e. The van der Waals surface area contributed by atoms with Crippen molar-refractivity contribution in [1.82, 2.24) is 4.31 Å². The van der Waals surface area contributed by atoms with Gasteiger partial charge in [-0.15, -0.1) is 4.31 Å². The highest BCUT2D eigenvalue weighted by molar-refractivity contribution is 7.90. The van der Waals surface area contributed by atoms with Crippen LogP contribution in [0.15, 0.2) is 60.7 Å². The van der Waals surface area contributed by atoms with E-state index in [0.29, 0.717) is 6.54 Å². The fourth-order valence-corrected chi connectivity index (χ4v) is 5.21. The predicted octanol–water partition coefficient (Wildman–Crippen LogP) is 4.83. The van der Waals surface area contributed by atoms with Crippen molar-refractivity contribution in [2.24, 2.45) is 5.92 Å². The van der Waals surface area contributed by atoms with Crippen LogP contribution < -0.4 is 0 Å². The maximum Gasteiger partial charge on any atom is 0.157 e. The van der Waals surface area contributed by atoms with Crippen molar-refractivity contribution in [3.8, 4) is 0 Å². The van der Waals surface area contributed by atoms with Crippen LogP contribution in [-0.4, -0.2) is 31.1 Å². The van der Waals surface area contributed by atoms with Crippen LogP contribution in [0.25, 0.3) is 0 Å². The lowest BCUT2D eigenvalue weighted by Crippen LogP contribution is -2.50. The van der Waals surface area contributed by atoms with E-state index in [1.54, 1.807) is 0 Å². The highest BCUT2D eigenvalue weighted by Gasteiger charge is 2.44. The van der Waals surface area contributed by atoms with Crippen molar-refractivity contribution in [2.45, 2.75) is 70.3 Å². The Morgan fingerprint density at radius 3 is 2.21 bits per heavy atom. The Labute approximate surface area is 178 Å². The minimum atomic E-state index is -1.26. The fraction of sp³-hybridized carbons (Fsp3) is 0.500. The van der Waals surface area contributed by atoms with E-state index in [-0.39, 0.29) is 18.1 Å². The Bertz CT molecular complexity index is 750. The molecule has 158 valence electrons. The quantitative estimate of drug-likeness (QED) is 0.687. The van der Waals surface area contributed by atoms with Gasteiger partial charge in [0.15, 0.2) is 6.29 Å². The predicted molar refractivity (Wildman–Crippen MR) is 118 cm³/mol. The lowest BCUT2D eigenvalue weighted by atomic mass is 9.91. The molecule has 1 N–H and O–H groups in total. The van der Waals surface area contributed by atoms with Crippen molar-refractivity contribution >= 4 is 11.4 Å². The second-order valence-corrected chi connectivity index (χ2v) is 11.1. The molecule has 0 aliphatic carbocycles. The van der Waals surface area contributed by atoms with Crippen molar-refractivity contribution in [3.63, 3.8) is 0 Å². The van der Waals surface area contributed by atoms with Gasteiger partial charge >= 0.3 is 0 Å². The number of hydrogen-bond acceptors (Lipinski definition) is 4. The van der Waals surface area contributed by atoms with Gasteiger partial charge in [0, 0.05) is 17.3 Å². The second kappa shape index (κ2) is 9.63. The molecule has 1 aliphatic heterocycles.